The number of carbonyl (C=O) groups is 1. The minimum absolute atomic E-state index is 0.0352. The first-order valence-corrected chi connectivity index (χ1v) is 5.04. The van der Waals surface area contributed by atoms with E-state index in [9.17, 15) is 4.79 Å². The monoisotopic (exact) mass is 184 g/mol. The molecule has 1 rings (SSSR count). The molecule has 76 valence electrons. The molecule has 0 aromatic carbocycles. The molecular weight excluding hydrogens is 164 g/mol. The molecule has 1 aliphatic rings. The second-order valence-electron chi connectivity index (χ2n) is 4.74. The van der Waals surface area contributed by atoms with Crippen LogP contribution in [-0.2, 0) is 4.79 Å². The van der Waals surface area contributed by atoms with Crippen molar-refractivity contribution in [3.63, 3.8) is 0 Å². The number of hydrogen-bond donors (Lipinski definition) is 2. The van der Waals surface area contributed by atoms with Crippen molar-refractivity contribution in [2.75, 3.05) is 6.54 Å². The zero-order valence-electron chi connectivity index (χ0n) is 8.81. The molecule has 13 heavy (non-hydrogen) atoms. The van der Waals surface area contributed by atoms with E-state index in [0.717, 1.165) is 19.4 Å². The van der Waals surface area contributed by atoms with E-state index in [-0.39, 0.29) is 17.5 Å². The lowest BCUT2D eigenvalue weighted by Gasteiger charge is -2.27. The molecule has 3 heteroatoms. The third kappa shape index (κ3) is 3.77. The van der Waals surface area contributed by atoms with Crippen LogP contribution in [0.1, 0.15) is 40.0 Å². The van der Waals surface area contributed by atoms with Gasteiger partial charge in [0.25, 0.3) is 0 Å². The van der Waals surface area contributed by atoms with Gasteiger partial charge in [0.15, 0.2) is 0 Å². The molecule has 1 atom stereocenters. The summed E-state index contributed by atoms with van der Waals surface area (Å²) in [6.07, 6.45) is 3.33. The number of carbonyl (C=O) groups excluding carboxylic acids is 1. The van der Waals surface area contributed by atoms with Gasteiger partial charge in [0.2, 0.25) is 5.91 Å². The Labute approximate surface area is 80.3 Å². The Morgan fingerprint density at radius 3 is 2.54 bits per heavy atom. The summed E-state index contributed by atoms with van der Waals surface area (Å²) in [4.78, 5) is 11.6. The predicted octanol–water partition coefficient (Wildman–Crippen LogP) is 1.04. The third-order valence-corrected chi connectivity index (χ3v) is 2.13. The summed E-state index contributed by atoms with van der Waals surface area (Å²) in [7, 11) is 0. The summed E-state index contributed by atoms with van der Waals surface area (Å²) in [6.45, 7) is 7.00. The van der Waals surface area contributed by atoms with E-state index in [1.54, 1.807) is 0 Å². The quantitative estimate of drug-likeness (QED) is 0.639. The van der Waals surface area contributed by atoms with Crippen LogP contribution in [0.3, 0.4) is 0 Å². The van der Waals surface area contributed by atoms with Gasteiger partial charge in [-0.25, -0.2) is 0 Å². The predicted molar refractivity (Wildman–Crippen MR) is 53.5 cm³/mol. The lowest BCUT2D eigenvalue weighted by atomic mass is 10.0. The van der Waals surface area contributed by atoms with Crippen LogP contribution in [-0.4, -0.2) is 24.0 Å². The lowest BCUT2D eigenvalue weighted by Crippen LogP contribution is -2.52. The fourth-order valence-electron chi connectivity index (χ4n) is 1.53. The van der Waals surface area contributed by atoms with E-state index in [1.165, 1.54) is 6.42 Å². The highest BCUT2D eigenvalue weighted by atomic mass is 16.2. The molecular formula is C10H20N2O. The average molecular weight is 184 g/mol. The van der Waals surface area contributed by atoms with Crippen molar-refractivity contribution in [2.24, 2.45) is 0 Å². The summed E-state index contributed by atoms with van der Waals surface area (Å²) < 4.78 is 0. The summed E-state index contributed by atoms with van der Waals surface area (Å²) in [5.41, 5.74) is -0.115. The molecule has 1 heterocycles. The Morgan fingerprint density at radius 1 is 1.38 bits per heavy atom. The molecule has 2 N–H and O–H groups in total. The highest BCUT2D eigenvalue weighted by Gasteiger charge is 2.23. The normalized spacial score (nSPS) is 24.1. The molecule has 1 amide bonds. The molecule has 0 aromatic rings. The van der Waals surface area contributed by atoms with Crippen LogP contribution in [0.25, 0.3) is 0 Å². The molecule has 1 saturated heterocycles. The van der Waals surface area contributed by atoms with E-state index >= 15 is 0 Å². The molecule has 0 aromatic heterocycles. The van der Waals surface area contributed by atoms with E-state index < -0.39 is 0 Å². The van der Waals surface area contributed by atoms with Crippen LogP contribution in [0.5, 0.6) is 0 Å². The maximum atomic E-state index is 11.6. The second-order valence-corrected chi connectivity index (χ2v) is 4.74. The van der Waals surface area contributed by atoms with Gasteiger partial charge in [-0.3, -0.25) is 4.79 Å². The van der Waals surface area contributed by atoms with Crippen LogP contribution in [0.2, 0.25) is 0 Å². The molecule has 1 unspecified atom stereocenters. The second kappa shape index (κ2) is 4.09. The molecule has 0 aliphatic carbocycles. The number of piperidine rings is 1. The van der Waals surface area contributed by atoms with Crippen LogP contribution < -0.4 is 10.6 Å². The number of amides is 1. The van der Waals surface area contributed by atoms with Crippen molar-refractivity contribution < 1.29 is 4.79 Å². The maximum Gasteiger partial charge on any atom is 0.237 e. The van der Waals surface area contributed by atoms with E-state index in [4.69, 9.17) is 0 Å². The first-order chi connectivity index (χ1) is 5.99. The van der Waals surface area contributed by atoms with Gasteiger partial charge in [-0.1, -0.05) is 6.42 Å². The van der Waals surface area contributed by atoms with Crippen molar-refractivity contribution >= 4 is 5.91 Å². The lowest BCUT2D eigenvalue weighted by molar-refractivity contribution is -0.125. The van der Waals surface area contributed by atoms with Gasteiger partial charge < -0.3 is 10.6 Å². The molecule has 1 aliphatic heterocycles. The standard InChI is InChI=1S/C10H20N2O/c1-10(2,3)12-9(13)8-6-4-5-7-11-8/h8,11H,4-7H2,1-3H3,(H,12,13). The van der Waals surface area contributed by atoms with Gasteiger partial charge in [0, 0.05) is 5.54 Å². The molecule has 0 spiro atoms. The Kier molecular flexibility index (Phi) is 3.31. The topological polar surface area (TPSA) is 41.1 Å². The van der Waals surface area contributed by atoms with Crippen molar-refractivity contribution in [3.05, 3.63) is 0 Å². The van der Waals surface area contributed by atoms with E-state index in [0.29, 0.717) is 0 Å². The minimum atomic E-state index is -0.115. The van der Waals surface area contributed by atoms with Gasteiger partial charge in [-0.15, -0.1) is 0 Å². The largest absolute Gasteiger partial charge is 0.350 e. The minimum Gasteiger partial charge on any atom is -0.350 e. The summed E-state index contributed by atoms with van der Waals surface area (Å²) in [5.74, 6) is 0.146. The SMILES string of the molecule is CC(C)(C)NC(=O)C1CCCCN1. The molecule has 0 bridgehead atoms. The van der Waals surface area contributed by atoms with Gasteiger partial charge in [0.1, 0.15) is 0 Å². The van der Waals surface area contributed by atoms with Crippen LogP contribution in [0, 0.1) is 0 Å². The van der Waals surface area contributed by atoms with Crippen molar-refractivity contribution in [1.82, 2.24) is 10.6 Å². The van der Waals surface area contributed by atoms with Crippen LogP contribution >= 0.6 is 0 Å². The average Bonchev–Trinajstić information content (AvgIpc) is 2.03. The maximum absolute atomic E-state index is 11.6. The number of nitrogens with one attached hydrogen (secondary N) is 2. The number of rotatable bonds is 1. The fourth-order valence-corrected chi connectivity index (χ4v) is 1.53. The molecule has 3 nitrogen and oxygen atoms in total. The molecule has 1 fully saturated rings. The van der Waals surface area contributed by atoms with Crippen molar-refractivity contribution in [3.8, 4) is 0 Å². The highest BCUT2D eigenvalue weighted by Crippen LogP contribution is 2.08. The van der Waals surface area contributed by atoms with Gasteiger partial charge >= 0.3 is 0 Å². The van der Waals surface area contributed by atoms with Gasteiger partial charge in [-0.05, 0) is 40.2 Å². The summed E-state index contributed by atoms with van der Waals surface area (Å²) in [6, 6.07) is 0.0352. The zero-order chi connectivity index (χ0) is 9.90. The molecule has 0 radical (unpaired) electrons. The van der Waals surface area contributed by atoms with Crippen LogP contribution in [0.15, 0.2) is 0 Å². The van der Waals surface area contributed by atoms with Crippen LogP contribution in [0.4, 0.5) is 0 Å². The Hall–Kier alpha value is -0.570. The fraction of sp³-hybridized carbons (Fsp3) is 0.900. The van der Waals surface area contributed by atoms with Gasteiger partial charge in [-0.2, -0.15) is 0 Å². The first kappa shape index (κ1) is 10.5. The zero-order valence-corrected chi connectivity index (χ0v) is 8.81. The molecule has 0 saturated carbocycles. The first-order valence-electron chi connectivity index (χ1n) is 5.04. The van der Waals surface area contributed by atoms with Crippen molar-refractivity contribution in [1.29, 1.82) is 0 Å². The number of hydrogen-bond acceptors (Lipinski definition) is 2. The summed E-state index contributed by atoms with van der Waals surface area (Å²) >= 11 is 0. The van der Waals surface area contributed by atoms with E-state index in [1.807, 2.05) is 20.8 Å². The Balaban J connectivity index is 2.38. The Bertz CT molecular complexity index is 178. The van der Waals surface area contributed by atoms with Gasteiger partial charge in [0.05, 0.1) is 6.04 Å². The highest BCUT2D eigenvalue weighted by molar-refractivity contribution is 5.82. The van der Waals surface area contributed by atoms with E-state index in [2.05, 4.69) is 10.6 Å². The van der Waals surface area contributed by atoms with Crippen molar-refractivity contribution in [2.45, 2.75) is 51.6 Å². The Morgan fingerprint density at radius 2 is 2.08 bits per heavy atom. The third-order valence-electron chi connectivity index (χ3n) is 2.13. The smallest absolute Gasteiger partial charge is 0.237 e. The summed E-state index contributed by atoms with van der Waals surface area (Å²) in [5, 5.41) is 6.22.